The van der Waals surface area contributed by atoms with Gasteiger partial charge in [-0.3, -0.25) is 0 Å². The van der Waals surface area contributed by atoms with Crippen LogP contribution in [0.25, 0.3) is 0 Å². The van der Waals surface area contributed by atoms with Gasteiger partial charge in [0.25, 0.3) is 0 Å². The van der Waals surface area contributed by atoms with E-state index in [1.807, 2.05) is 24.3 Å². The Balaban J connectivity index is 2.05. The van der Waals surface area contributed by atoms with Gasteiger partial charge in [-0.1, -0.05) is 32.2 Å². The van der Waals surface area contributed by atoms with Gasteiger partial charge in [0.1, 0.15) is 51.1 Å². The molecule has 0 saturated heterocycles. The van der Waals surface area contributed by atoms with Gasteiger partial charge in [-0.05, 0) is 106 Å². The molecule has 0 radical (unpaired) electrons. The van der Waals surface area contributed by atoms with Crippen molar-refractivity contribution in [1.29, 1.82) is 0 Å². The summed E-state index contributed by atoms with van der Waals surface area (Å²) in [5.74, 6) is 1.26. The third-order valence-electron chi connectivity index (χ3n) is 4.99. The predicted octanol–water partition coefficient (Wildman–Crippen LogP) is 8.71. The molecule has 0 fully saturated rings. The third-order valence-corrected chi connectivity index (χ3v) is 7.35. The first-order chi connectivity index (χ1) is 18.7. The smallest absolute Gasteiger partial charge is 0.488 e. The first-order valence-corrected chi connectivity index (χ1v) is 14.9. The van der Waals surface area contributed by atoms with Crippen molar-refractivity contribution in [1.82, 2.24) is 0 Å². The molecule has 0 N–H and O–H groups in total. The Bertz CT molecular complexity index is 1020. The molecule has 0 aliphatic heterocycles. The van der Waals surface area contributed by atoms with E-state index in [2.05, 4.69) is 83.8 Å². The fraction of sp³-hybridized carbons (Fsp3) is 0.333. The van der Waals surface area contributed by atoms with E-state index in [1.54, 1.807) is 0 Å². The van der Waals surface area contributed by atoms with E-state index in [0.717, 1.165) is 35.4 Å². The van der Waals surface area contributed by atoms with E-state index in [9.17, 15) is 9.59 Å². The fourth-order valence-electron chi connectivity index (χ4n) is 3.38. The summed E-state index contributed by atoms with van der Waals surface area (Å²) in [6.07, 6.45) is 2.20. The summed E-state index contributed by atoms with van der Waals surface area (Å²) in [4.78, 5) is 22.8. The van der Waals surface area contributed by atoms with Gasteiger partial charge in [0.15, 0.2) is 0 Å². The van der Waals surface area contributed by atoms with Gasteiger partial charge in [0.2, 0.25) is 0 Å². The summed E-state index contributed by atoms with van der Waals surface area (Å²) in [7, 11) is 0. The van der Waals surface area contributed by atoms with Gasteiger partial charge in [0.05, 0.1) is 17.9 Å². The second-order valence-corrected chi connectivity index (χ2v) is 11.1. The number of ether oxygens (including phenoxy) is 6. The third kappa shape index (κ3) is 10.8. The number of hydrogen-bond donors (Lipinski definition) is 0. The molecule has 0 aromatic heterocycles. The topological polar surface area (TPSA) is 89.5 Å². The van der Waals surface area contributed by atoms with E-state index in [-0.39, 0.29) is 45.6 Å². The quantitative estimate of drug-likeness (QED) is 0.101. The van der Waals surface area contributed by atoms with Crippen molar-refractivity contribution < 1.29 is 38.0 Å². The summed E-state index contributed by atoms with van der Waals surface area (Å²) in [5.41, 5.74) is 2.12. The Morgan fingerprint density at radius 3 is 1.36 bits per heavy atom. The lowest BCUT2D eigenvalue weighted by atomic mass is 9.89. The number of benzene rings is 2. The van der Waals surface area contributed by atoms with E-state index in [1.165, 1.54) is 12.2 Å². The maximum absolute atomic E-state index is 11.4. The Labute approximate surface area is 261 Å². The van der Waals surface area contributed by atoms with Crippen molar-refractivity contribution in [2.45, 2.75) is 19.3 Å². The molecular weight excluding hydrogens is 772 g/mol. The van der Waals surface area contributed by atoms with Crippen LogP contribution in [0.1, 0.15) is 30.4 Å². The van der Waals surface area contributed by atoms with E-state index in [4.69, 9.17) is 28.4 Å². The molecule has 0 amide bonds. The van der Waals surface area contributed by atoms with Crippen LogP contribution < -0.4 is 9.47 Å². The Hall–Kier alpha value is -2.02. The molecule has 212 valence electrons. The molecule has 0 unspecified atom stereocenters. The number of halogens is 4. The summed E-state index contributed by atoms with van der Waals surface area (Å²) < 4.78 is 34.1. The molecule has 2 aromatic carbocycles. The first kappa shape index (κ1) is 33.2. The zero-order chi connectivity index (χ0) is 28.8. The summed E-state index contributed by atoms with van der Waals surface area (Å²) >= 11 is 14.4. The van der Waals surface area contributed by atoms with Gasteiger partial charge in [-0.25, -0.2) is 9.59 Å². The maximum Gasteiger partial charge on any atom is 0.508 e. The van der Waals surface area contributed by atoms with Crippen LogP contribution in [0.4, 0.5) is 9.59 Å². The standard InChI is InChI=1S/C27H28Br4O8/c1-4-7-36-26(32)38-11-9-34-24-20(28)13-17(14-21(24)29)19(6-3)18-15-22(30)25(23(31)16-18)35-10-12-39-27(33)37-8-5-2/h4-5,13-16,19H,1-2,6-12H2,3H3. The molecule has 2 aromatic rings. The van der Waals surface area contributed by atoms with Crippen LogP contribution in [-0.4, -0.2) is 52.0 Å². The Morgan fingerprint density at radius 2 is 1.05 bits per heavy atom. The number of hydrogen-bond acceptors (Lipinski definition) is 8. The Kier molecular flexibility index (Phi) is 15.0. The van der Waals surface area contributed by atoms with Gasteiger partial charge >= 0.3 is 12.3 Å². The largest absolute Gasteiger partial charge is 0.508 e. The van der Waals surface area contributed by atoms with E-state index >= 15 is 0 Å². The van der Waals surface area contributed by atoms with Crippen LogP contribution in [0.15, 0.2) is 67.5 Å². The van der Waals surface area contributed by atoms with E-state index < -0.39 is 12.3 Å². The number of carbonyl (C=O) groups is 2. The van der Waals surface area contributed by atoms with Crippen molar-refractivity contribution in [2.24, 2.45) is 0 Å². The lowest BCUT2D eigenvalue weighted by molar-refractivity contribution is 0.0524. The predicted molar refractivity (Wildman–Crippen MR) is 162 cm³/mol. The van der Waals surface area contributed by atoms with Crippen LogP contribution in [0.2, 0.25) is 0 Å². The number of rotatable bonds is 15. The van der Waals surface area contributed by atoms with E-state index in [0.29, 0.717) is 11.5 Å². The zero-order valence-electron chi connectivity index (χ0n) is 21.2. The molecule has 0 aliphatic carbocycles. The van der Waals surface area contributed by atoms with Crippen molar-refractivity contribution in [3.63, 3.8) is 0 Å². The molecule has 0 spiro atoms. The van der Waals surface area contributed by atoms with Crippen LogP contribution in [-0.2, 0) is 18.9 Å². The van der Waals surface area contributed by atoms with Gasteiger partial charge in [0, 0.05) is 5.92 Å². The van der Waals surface area contributed by atoms with Crippen LogP contribution >= 0.6 is 63.7 Å². The maximum atomic E-state index is 11.4. The fourth-order valence-corrected chi connectivity index (χ4v) is 6.28. The minimum absolute atomic E-state index is 0.0379. The highest BCUT2D eigenvalue weighted by Crippen LogP contribution is 2.42. The van der Waals surface area contributed by atoms with Crippen molar-refractivity contribution in [2.75, 3.05) is 39.6 Å². The average Bonchev–Trinajstić information content (AvgIpc) is 2.89. The lowest BCUT2D eigenvalue weighted by Gasteiger charge is -2.21. The molecule has 0 heterocycles. The molecule has 12 heteroatoms. The second kappa shape index (κ2) is 17.6. The highest BCUT2D eigenvalue weighted by atomic mass is 79.9. The van der Waals surface area contributed by atoms with Crippen LogP contribution in [0, 0.1) is 0 Å². The number of carbonyl (C=O) groups excluding carboxylic acids is 2. The molecule has 0 saturated carbocycles. The first-order valence-electron chi connectivity index (χ1n) is 11.8. The molecule has 0 atom stereocenters. The van der Waals surface area contributed by atoms with Gasteiger partial charge in [-0.2, -0.15) is 0 Å². The molecule has 39 heavy (non-hydrogen) atoms. The lowest BCUT2D eigenvalue weighted by Crippen LogP contribution is -2.14. The van der Waals surface area contributed by atoms with Crippen molar-refractivity contribution in [3.05, 3.63) is 78.6 Å². The van der Waals surface area contributed by atoms with Crippen molar-refractivity contribution in [3.8, 4) is 11.5 Å². The SMILES string of the molecule is C=CCOC(=O)OCCOc1c(Br)cc(C(CC)c2cc(Br)c(OCCOC(=O)OCC=C)c(Br)c2)cc1Br. The highest BCUT2D eigenvalue weighted by Gasteiger charge is 2.20. The summed E-state index contributed by atoms with van der Waals surface area (Å²) in [6, 6.07) is 8.01. The minimum Gasteiger partial charge on any atom is -0.488 e. The Morgan fingerprint density at radius 1 is 0.692 bits per heavy atom. The van der Waals surface area contributed by atoms with Crippen LogP contribution in [0.5, 0.6) is 11.5 Å². The zero-order valence-corrected chi connectivity index (χ0v) is 27.5. The van der Waals surface area contributed by atoms with Crippen LogP contribution in [0.3, 0.4) is 0 Å². The second-order valence-electron chi connectivity index (χ2n) is 7.68. The molecular formula is C27H28Br4O8. The van der Waals surface area contributed by atoms with Gasteiger partial charge in [-0.15, -0.1) is 0 Å². The minimum atomic E-state index is -0.774. The summed E-state index contributed by atoms with van der Waals surface area (Å²) in [5, 5.41) is 0. The monoisotopic (exact) mass is 796 g/mol. The molecule has 2 rings (SSSR count). The summed E-state index contributed by atoms with van der Waals surface area (Å²) in [6.45, 7) is 9.61. The highest BCUT2D eigenvalue weighted by molar-refractivity contribution is 9.11. The average molecular weight is 800 g/mol. The normalized spacial score (nSPS) is 10.5. The molecule has 8 nitrogen and oxygen atoms in total. The molecule has 0 bridgehead atoms. The van der Waals surface area contributed by atoms with Gasteiger partial charge < -0.3 is 28.4 Å². The molecule has 0 aliphatic rings. The van der Waals surface area contributed by atoms with Crippen molar-refractivity contribution >= 4 is 76.0 Å².